The van der Waals surface area contributed by atoms with E-state index in [-0.39, 0.29) is 5.75 Å². The summed E-state index contributed by atoms with van der Waals surface area (Å²) in [6.45, 7) is 2.26. The first kappa shape index (κ1) is 12.2. The van der Waals surface area contributed by atoms with Crippen LogP contribution >= 0.6 is 0 Å². The van der Waals surface area contributed by atoms with Crippen molar-refractivity contribution in [2.45, 2.75) is 19.8 Å². The average Bonchev–Trinajstić information content (AvgIpc) is 2.51. The zero-order valence-corrected chi connectivity index (χ0v) is 9.92. The number of aromatic nitrogens is 2. The van der Waals surface area contributed by atoms with Crippen LogP contribution in [0.2, 0.25) is 0 Å². The Hall–Kier alpha value is -0.880. The number of imidazole rings is 1. The fraction of sp³-hybridized carbons (Fsp3) is 0.667. The zero-order chi connectivity index (χ0) is 11.3. The Labute approximate surface area is 90.6 Å². The molecular weight excluding hydrogens is 214 g/mol. The molecule has 0 bridgehead atoms. The second-order valence-corrected chi connectivity index (χ2v) is 5.34. The molecular formula is C9H17N3O2S. The minimum Gasteiger partial charge on any atom is -0.338 e. The first-order valence-corrected chi connectivity index (χ1v) is 6.64. The van der Waals surface area contributed by atoms with Crippen molar-refractivity contribution in [3.05, 3.63) is 18.2 Å². The molecule has 0 saturated carbocycles. The summed E-state index contributed by atoms with van der Waals surface area (Å²) in [6, 6.07) is 0. The van der Waals surface area contributed by atoms with E-state index in [0.29, 0.717) is 19.4 Å². The quantitative estimate of drug-likeness (QED) is 0.765. The van der Waals surface area contributed by atoms with Crippen LogP contribution in [-0.2, 0) is 23.5 Å². The van der Waals surface area contributed by atoms with Gasteiger partial charge in [-0.15, -0.1) is 0 Å². The molecule has 0 fully saturated rings. The summed E-state index contributed by atoms with van der Waals surface area (Å²) in [5, 5.41) is 0. The lowest BCUT2D eigenvalue weighted by atomic mass is 10.4. The zero-order valence-electron chi connectivity index (χ0n) is 9.10. The van der Waals surface area contributed by atoms with E-state index in [1.165, 1.54) is 0 Å². The molecule has 1 rings (SSSR count). The van der Waals surface area contributed by atoms with Crippen molar-refractivity contribution in [3.63, 3.8) is 0 Å². The third-order valence-corrected chi connectivity index (χ3v) is 3.65. The molecule has 0 radical (unpaired) electrons. The number of nitrogens with one attached hydrogen (secondary N) is 1. The van der Waals surface area contributed by atoms with E-state index >= 15 is 0 Å². The highest BCUT2D eigenvalue weighted by atomic mass is 32.2. The van der Waals surface area contributed by atoms with Crippen LogP contribution in [0.5, 0.6) is 0 Å². The summed E-state index contributed by atoms with van der Waals surface area (Å²) >= 11 is 0. The molecule has 86 valence electrons. The normalized spacial score (nSPS) is 11.9. The predicted octanol–water partition coefficient (Wildman–Crippen LogP) is 0.292. The van der Waals surface area contributed by atoms with Crippen LogP contribution in [0.4, 0.5) is 0 Å². The van der Waals surface area contributed by atoms with E-state index in [4.69, 9.17) is 0 Å². The Bertz CT molecular complexity index is 397. The van der Waals surface area contributed by atoms with Gasteiger partial charge in [0.1, 0.15) is 5.82 Å². The minimum absolute atomic E-state index is 0.188. The van der Waals surface area contributed by atoms with Crippen molar-refractivity contribution in [1.29, 1.82) is 0 Å². The van der Waals surface area contributed by atoms with E-state index in [0.717, 1.165) is 5.82 Å². The van der Waals surface area contributed by atoms with Crippen molar-refractivity contribution >= 4 is 10.0 Å². The molecule has 0 unspecified atom stereocenters. The van der Waals surface area contributed by atoms with Crippen LogP contribution in [0, 0.1) is 0 Å². The van der Waals surface area contributed by atoms with Gasteiger partial charge in [-0.1, -0.05) is 6.92 Å². The number of hydrogen-bond acceptors (Lipinski definition) is 3. The Morgan fingerprint density at radius 3 is 2.80 bits per heavy atom. The van der Waals surface area contributed by atoms with Gasteiger partial charge in [0.15, 0.2) is 0 Å². The van der Waals surface area contributed by atoms with Crippen molar-refractivity contribution in [2.24, 2.45) is 7.05 Å². The van der Waals surface area contributed by atoms with Crippen molar-refractivity contribution in [3.8, 4) is 0 Å². The van der Waals surface area contributed by atoms with Crippen LogP contribution in [0.3, 0.4) is 0 Å². The molecule has 0 aliphatic heterocycles. The first-order chi connectivity index (χ1) is 7.05. The standard InChI is InChI=1S/C9H17N3O2S/c1-3-8-15(13,14)11-5-4-9-10-6-7-12(9)2/h6-7,11H,3-5,8H2,1-2H3. The summed E-state index contributed by atoms with van der Waals surface area (Å²) in [4.78, 5) is 4.11. The van der Waals surface area contributed by atoms with Crippen LogP contribution in [0.25, 0.3) is 0 Å². The summed E-state index contributed by atoms with van der Waals surface area (Å²) in [6.07, 6.45) is 4.80. The monoisotopic (exact) mass is 231 g/mol. The van der Waals surface area contributed by atoms with E-state index in [2.05, 4.69) is 9.71 Å². The largest absolute Gasteiger partial charge is 0.338 e. The van der Waals surface area contributed by atoms with Crippen LogP contribution < -0.4 is 4.72 Å². The van der Waals surface area contributed by atoms with Gasteiger partial charge in [0.25, 0.3) is 0 Å². The lowest BCUT2D eigenvalue weighted by molar-refractivity contribution is 0.578. The highest BCUT2D eigenvalue weighted by Gasteiger charge is 2.08. The second-order valence-electron chi connectivity index (χ2n) is 3.42. The highest BCUT2D eigenvalue weighted by molar-refractivity contribution is 7.89. The van der Waals surface area contributed by atoms with Gasteiger partial charge in [-0.25, -0.2) is 18.1 Å². The topological polar surface area (TPSA) is 64.0 Å². The fourth-order valence-electron chi connectivity index (χ4n) is 1.30. The maximum Gasteiger partial charge on any atom is 0.211 e. The van der Waals surface area contributed by atoms with Crippen LogP contribution in [-0.4, -0.2) is 30.3 Å². The number of aryl methyl sites for hydroxylation is 1. The maximum absolute atomic E-state index is 11.3. The van der Waals surface area contributed by atoms with Crippen LogP contribution in [0.1, 0.15) is 19.2 Å². The third-order valence-electron chi connectivity index (χ3n) is 2.06. The fourth-order valence-corrected chi connectivity index (χ4v) is 2.39. The van der Waals surface area contributed by atoms with Gasteiger partial charge < -0.3 is 4.57 Å². The highest BCUT2D eigenvalue weighted by Crippen LogP contribution is 1.95. The van der Waals surface area contributed by atoms with Gasteiger partial charge in [0.05, 0.1) is 5.75 Å². The van der Waals surface area contributed by atoms with E-state index in [1.807, 2.05) is 24.7 Å². The van der Waals surface area contributed by atoms with Gasteiger partial charge in [0, 0.05) is 32.4 Å². The molecule has 1 N–H and O–H groups in total. The molecule has 0 aromatic carbocycles. The van der Waals surface area contributed by atoms with E-state index in [9.17, 15) is 8.42 Å². The Kier molecular flexibility index (Phi) is 4.28. The van der Waals surface area contributed by atoms with Crippen LogP contribution in [0.15, 0.2) is 12.4 Å². The van der Waals surface area contributed by atoms with Gasteiger partial charge in [-0.05, 0) is 6.42 Å². The second kappa shape index (κ2) is 5.27. The Morgan fingerprint density at radius 2 is 2.27 bits per heavy atom. The molecule has 1 aromatic rings. The summed E-state index contributed by atoms with van der Waals surface area (Å²) in [5.74, 6) is 1.07. The van der Waals surface area contributed by atoms with Gasteiger partial charge in [-0.3, -0.25) is 0 Å². The number of hydrogen-bond donors (Lipinski definition) is 1. The Morgan fingerprint density at radius 1 is 1.53 bits per heavy atom. The predicted molar refractivity (Wildman–Crippen MR) is 59.0 cm³/mol. The molecule has 0 aliphatic rings. The summed E-state index contributed by atoms with van der Waals surface area (Å²) in [5.41, 5.74) is 0. The van der Waals surface area contributed by atoms with Crippen molar-refractivity contribution in [1.82, 2.24) is 14.3 Å². The lowest BCUT2D eigenvalue weighted by Gasteiger charge is -2.05. The molecule has 0 spiro atoms. The lowest BCUT2D eigenvalue weighted by Crippen LogP contribution is -2.28. The average molecular weight is 231 g/mol. The van der Waals surface area contributed by atoms with E-state index in [1.54, 1.807) is 6.20 Å². The molecule has 0 amide bonds. The number of nitrogens with zero attached hydrogens (tertiary/aromatic N) is 2. The smallest absolute Gasteiger partial charge is 0.211 e. The summed E-state index contributed by atoms with van der Waals surface area (Å²) in [7, 11) is -1.19. The van der Waals surface area contributed by atoms with Gasteiger partial charge in [0.2, 0.25) is 10.0 Å². The van der Waals surface area contributed by atoms with Crippen molar-refractivity contribution in [2.75, 3.05) is 12.3 Å². The van der Waals surface area contributed by atoms with Gasteiger partial charge >= 0.3 is 0 Å². The number of rotatable bonds is 6. The van der Waals surface area contributed by atoms with Gasteiger partial charge in [-0.2, -0.15) is 0 Å². The molecule has 0 aliphatic carbocycles. The maximum atomic E-state index is 11.3. The SMILES string of the molecule is CCCS(=O)(=O)NCCc1nccn1C. The number of sulfonamides is 1. The summed E-state index contributed by atoms with van der Waals surface area (Å²) < 4.78 is 27.0. The van der Waals surface area contributed by atoms with Crippen molar-refractivity contribution < 1.29 is 8.42 Å². The van der Waals surface area contributed by atoms with E-state index < -0.39 is 10.0 Å². The molecule has 1 aromatic heterocycles. The molecule has 0 saturated heterocycles. The molecule has 1 heterocycles. The molecule has 0 atom stereocenters. The molecule has 15 heavy (non-hydrogen) atoms. The third kappa shape index (κ3) is 4.01. The first-order valence-electron chi connectivity index (χ1n) is 4.98. The molecule has 5 nitrogen and oxygen atoms in total. The minimum atomic E-state index is -3.08. The molecule has 6 heteroatoms. The Balaban J connectivity index is 2.37.